The number of phenols is 1. The summed E-state index contributed by atoms with van der Waals surface area (Å²) in [6.07, 6.45) is 1.67. The van der Waals surface area contributed by atoms with Crippen molar-refractivity contribution < 1.29 is 14.4 Å². The lowest BCUT2D eigenvalue weighted by molar-refractivity contribution is 0.415. The van der Waals surface area contributed by atoms with Gasteiger partial charge in [-0.3, -0.25) is 4.98 Å². The van der Waals surface area contributed by atoms with Crippen LogP contribution in [-0.4, -0.2) is 27.3 Å². The van der Waals surface area contributed by atoms with Crippen LogP contribution in [0.3, 0.4) is 0 Å². The molecule has 0 spiro atoms. The number of methoxy groups -OCH3 is 1. The molecule has 2 aromatic heterocycles. The first kappa shape index (κ1) is 15.8. The van der Waals surface area contributed by atoms with Gasteiger partial charge in [-0.05, 0) is 48.5 Å². The molecule has 2 aromatic carbocycles. The molecule has 6 nitrogen and oxygen atoms in total. The predicted octanol–water partition coefficient (Wildman–Crippen LogP) is 4.18. The fourth-order valence-electron chi connectivity index (χ4n) is 2.55. The van der Waals surface area contributed by atoms with E-state index < -0.39 is 0 Å². The summed E-state index contributed by atoms with van der Waals surface area (Å²) in [5.41, 5.74) is 3.15. The van der Waals surface area contributed by atoms with Crippen molar-refractivity contribution in [1.29, 1.82) is 0 Å². The molecule has 0 saturated carbocycles. The number of aromatic hydroxyl groups is 1. The first-order chi connectivity index (χ1) is 12.7. The van der Waals surface area contributed by atoms with Gasteiger partial charge in [0.25, 0.3) is 5.89 Å². The van der Waals surface area contributed by atoms with Crippen LogP contribution in [0.4, 0.5) is 0 Å². The number of hydrogen-bond acceptors (Lipinski definition) is 6. The molecule has 0 radical (unpaired) electrons. The number of phenolic OH excluding ortho intramolecular Hbond substituents is 1. The minimum absolute atomic E-state index is 0.203. The molecule has 0 fully saturated rings. The van der Waals surface area contributed by atoms with Gasteiger partial charge in [-0.1, -0.05) is 17.3 Å². The Hall–Kier alpha value is -3.67. The number of rotatable bonds is 4. The van der Waals surface area contributed by atoms with Crippen molar-refractivity contribution in [2.45, 2.75) is 0 Å². The maximum Gasteiger partial charge on any atom is 0.259 e. The van der Waals surface area contributed by atoms with Crippen LogP contribution in [0.25, 0.3) is 34.1 Å². The van der Waals surface area contributed by atoms with E-state index in [9.17, 15) is 5.11 Å². The van der Waals surface area contributed by atoms with Gasteiger partial charge in [-0.15, -0.1) is 0 Å². The van der Waals surface area contributed by atoms with Gasteiger partial charge in [0, 0.05) is 17.3 Å². The van der Waals surface area contributed by atoms with Crippen molar-refractivity contribution in [2.75, 3.05) is 7.11 Å². The zero-order valence-corrected chi connectivity index (χ0v) is 14.0. The van der Waals surface area contributed by atoms with Crippen molar-refractivity contribution in [3.05, 3.63) is 66.9 Å². The topological polar surface area (TPSA) is 81.3 Å². The van der Waals surface area contributed by atoms with E-state index in [2.05, 4.69) is 15.1 Å². The van der Waals surface area contributed by atoms with E-state index >= 15 is 0 Å². The van der Waals surface area contributed by atoms with Gasteiger partial charge in [-0.2, -0.15) is 4.98 Å². The Morgan fingerprint density at radius 1 is 0.923 bits per heavy atom. The largest absolute Gasteiger partial charge is 0.508 e. The summed E-state index contributed by atoms with van der Waals surface area (Å²) in [7, 11) is 1.62. The summed E-state index contributed by atoms with van der Waals surface area (Å²) in [5.74, 6) is 1.86. The summed E-state index contributed by atoms with van der Waals surface area (Å²) >= 11 is 0. The van der Waals surface area contributed by atoms with E-state index in [1.54, 1.807) is 31.5 Å². The summed E-state index contributed by atoms with van der Waals surface area (Å²) in [6.45, 7) is 0. The van der Waals surface area contributed by atoms with E-state index in [1.165, 1.54) is 0 Å². The Kier molecular flexibility index (Phi) is 4.07. The third-order valence-electron chi connectivity index (χ3n) is 3.93. The fraction of sp³-hybridized carbons (Fsp3) is 0.0500. The molecule has 2 heterocycles. The number of benzene rings is 2. The summed E-state index contributed by atoms with van der Waals surface area (Å²) in [4.78, 5) is 8.84. The molecule has 0 aliphatic carbocycles. The highest BCUT2D eigenvalue weighted by atomic mass is 16.5. The van der Waals surface area contributed by atoms with Gasteiger partial charge in [0.15, 0.2) is 0 Å². The van der Waals surface area contributed by atoms with Crippen LogP contribution in [-0.2, 0) is 0 Å². The van der Waals surface area contributed by atoms with E-state index in [-0.39, 0.29) is 5.75 Å². The smallest absolute Gasteiger partial charge is 0.259 e. The highest BCUT2D eigenvalue weighted by Crippen LogP contribution is 2.26. The Balaban J connectivity index is 1.59. The normalized spacial score (nSPS) is 10.7. The number of nitrogens with zero attached hydrogens (tertiary/aromatic N) is 3. The quantitative estimate of drug-likeness (QED) is 0.597. The van der Waals surface area contributed by atoms with Crippen LogP contribution in [0.15, 0.2) is 71.4 Å². The fourth-order valence-corrected chi connectivity index (χ4v) is 2.55. The van der Waals surface area contributed by atoms with Crippen molar-refractivity contribution in [3.8, 4) is 45.6 Å². The van der Waals surface area contributed by atoms with Crippen LogP contribution in [0.2, 0.25) is 0 Å². The SMILES string of the molecule is COc1ccc(-c2noc(-c3ccc(-c4cccc(O)c4)nc3)n2)cc1. The van der Waals surface area contributed by atoms with Gasteiger partial charge in [0.1, 0.15) is 11.5 Å². The minimum Gasteiger partial charge on any atom is -0.508 e. The highest BCUT2D eigenvalue weighted by molar-refractivity contribution is 5.65. The van der Waals surface area contributed by atoms with Gasteiger partial charge < -0.3 is 14.4 Å². The van der Waals surface area contributed by atoms with E-state index in [0.717, 1.165) is 28.1 Å². The lowest BCUT2D eigenvalue weighted by Crippen LogP contribution is -1.86. The first-order valence-electron chi connectivity index (χ1n) is 7.97. The Labute approximate surface area is 149 Å². The van der Waals surface area contributed by atoms with Crippen LogP contribution < -0.4 is 4.74 Å². The standard InChI is InChI=1S/C20H15N3O3/c1-25-17-8-5-13(6-9-17)19-22-20(26-23-19)15-7-10-18(21-12-15)14-3-2-4-16(24)11-14/h2-12,24H,1H3. The van der Waals surface area contributed by atoms with E-state index in [4.69, 9.17) is 9.26 Å². The molecule has 0 unspecified atom stereocenters. The second-order valence-electron chi connectivity index (χ2n) is 5.63. The van der Waals surface area contributed by atoms with Crippen LogP contribution in [0, 0.1) is 0 Å². The molecule has 0 atom stereocenters. The zero-order valence-electron chi connectivity index (χ0n) is 14.0. The van der Waals surface area contributed by atoms with Crippen LogP contribution >= 0.6 is 0 Å². The van der Waals surface area contributed by atoms with Crippen molar-refractivity contribution in [1.82, 2.24) is 15.1 Å². The first-order valence-corrected chi connectivity index (χ1v) is 7.97. The summed E-state index contributed by atoms with van der Waals surface area (Å²) in [5, 5.41) is 13.6. The molecular formula is C20H15N3O3. The molecule has 1 N–H and O–H groups in total. The van der Waals surface area contributed by atoms with Crippen LogP contribution in [0.1, 0.15) is 0 Å². The van der Waals surface area contributed by atoms with Crippen molar-refractivity contribution in [2.24, 2.45) is 0 Å². The molecule has 0 amide bonds. The molecule has 4 rings (SSSR count). The van der Waals surface area contributed by atoms with Crippen molar-refractivity contribution in [3.63, 3.8) is 0 Å². The number of hydrogen-bond donors (Lipinski definition) is 1. The van der Waals surface area contributed by atoms with Gasteiger partial charge in [0.2, 0.25) is 5.82 Å². The van der Waals surface area contributed by atoms with E-state index in [1.807, 2.05) is 42.5 Å². The average Bonchev–Trinajstić information content (AvgIpc) is 3.18. The molecule has 0 saturated heterocycles. The minimum atomic E-state index is 0.203. The number of ether oxygens (including phenoxy) is 1. The average molecular weight is 345 g/mol. The molecule has 6 heteroatoms. The lowest BCUT2D eigenvalue weighted by atomic mass is 10.1. The van der Waals surface area contributed by atoms with E-state index in [0.29, 0.717) is 11.7 Å². The van der Waals surface area contributed by atoms with Crippen LogP contribution in [0.5, 0.6) is 11.5 Å². The Morgan fingerprint density at radius 3 is 2.42 bits per heavy atom. The second kappa shape index (κ2) is 6.68. The molecule has 26 heavy (non-hydrogen) atoms. The van der Waals surface area contributed by atoms with Gasteiger partial charge >= 0.3 is 0 Å². The summed E-state index contributed by atoms with van der Waals surface area (Å²) < 4.78 is 10.5. The molecular weight excluding hydrogens is 330 g/mol. The van der Waals surface area contributed by atoms with Gasteiger partial charge in [0.05, 0.1) is 18.4 Å². The number of pyridine rings is 1. The zero-order chi connectivity index (χ0) is 17.9. The Morgan fingerprint density at radius 2 is 1.73 bits per heavy atom. The highest BCUT2D eigenvalue weighted by Gasteiger charge is 2.11. The molecule has 4 aromatic rings. The lowest BCUT2D eigenvalue weighted by Gasteiger charge is -2.02. The Bertz CT molecular complexity index is 1020. The molecule has 0 aliphatic heterocycles. The number of aromatic nitrogens is 3. The monoisotopic (exact) mass is 345 g/mol. The molecule has 128 valence electrons. The predicted molar refractivity (Wildman–Crippen MR) is 96.6 cm³/mol. The molecule has 0 bridgehead atoms. The second-order valence-corrected chi connectivity index (χ2v) is 5.63. The van der Waals surface area contributed by atoms with Gasteiger partial charge in [-0.25, -0.2) is 0 Å². The third kappa shape index (κ3) is 3.12. The summed E-state index contributed by atoms with van der Waals surface area (Å²) in [6, 6.07) is 18.1. The third-order valence-corrected chi connectivity index (χ3v) is 3.93. The van der Waals surface area contributed by atoms with Crippen molar-refractivity contribution >= 4 is 0 Å². The molecule has 0 aliphatic rings. The maximum atomic E-state index is 9.58. The maximum absolute atomic E-state index is 9.58.